The van der Waals surface area contributed by atoms with E-state index in [-0.39, 0.29) is 17.5 Å². The van der Waals surface area contributed by atoms with Gasteiger partial charge in [-0.25, -0.2) is 0 Å². The number of carboxylic acid groups (broad SMARTS) is 1. The number of benzene rings is 1. The number of carbonyl (C=O) groups is 2. The predicted octanol–water partition coefficient (Wildman–Crippen LogP) is -0.345. The fourth-order valence-electron chi connectivity index (χ4n) is 1.99. The molecule has 0 saturated carbocycles. The van der Waals surface area contributed by atoms with E-state index in [9.17, 15) is 14.7 Å². The van der Waals surface area contributed by atoms with E-state index < -0.39 is 12.1 Å². The second-order valence-electron chi connectivity index (χ2n) is 4.83. The van der Waals surface area contributed by atoms with Gasteiger partial charge in [0, 0.05) is 5.02 Å². The van der Waals surface area contributed by atoms with Crippen LogP contribution < -0.4 is 16.2 Å². The number of aryl methyl sites for hydroxylation is 1. The van der Waals surface area contributed by atoms with E-state index in [0.717, 1.165) is 24.9 Å². The van der Waals surface area contributed by atoms with Gasteiger partial charge in [0.05, 0.1) is 12.0 Å². The van der Waals surface area contributed by atoms with Crippen LogP contribution in [0.2, 0.25) is 5.02 Å². The molecule has 6 nitrogen and oxygen atoms in total. The second-order valence-corrected chi connectivity index (χ2v) is 5.27. The van der Waals surface area contributed by atoms with Crippen molar-refractivity contribution in [1.29, 1.82) is 0 Å². The summed E-state index contributed by atoms with van der Waals surface area (Å²) in [4.78, 5) is 20.7. The summed E-state index contributed by atoms with van der Waals surface area (Å²) in [7, 11) is 0. The molecule has 0 spiro atoms. The SMILES string of the molecule is Cc1cc(Cl)cc([C@@H](O)C(=O)[O-])c1.NC(=O)[C@H]1CCCN1. The Labute approximate surface area is 127 Å². The molecule has 21 heavy (non-hydrogen) atoms. The Kier molecular flexibility index (Phi) is 6.61. The largest absolute Gasteiger partial charge is 0.547 e. The molecule has 116 valence electrons. The summed E-state index contributed by atoms with van der Waals surface area (Å²) in [5.74, 6) is -1.75. The molecule has 1 heterocycles. The molecule has 4 N–H and O–H groups in total. The molecule has 1 aliphatic heterocycles. The summed E-state index contributed by atoms with van der Waals surface area (Å²) >= 11 is 5.67. The van der Waals surface area contributed by atoms with Crippen molar-refractivity contribution in [1.82, 2.24) is 5.32 Å². The summed E-state index contributed by atoms with van der Waals surface area (Å²) in [6.07, 6.45) is 0.376. The van der Waals surface area contributed by atoms with E-state index in [2.05, 4.69) is 5.32 Å². The zero-order valence-corrected chi connectivity index (χ0v) is 12.4. The molecule has 2 atom stereocenters. The number of hydrogen-bond acceptors (Lipinski definition) is 5. The van der Waals surface area contributed by atoms with Gasteiger partial charge in [-0.05, 0) is 49.6 Å². The second kappa shape index (κ2) is 7.97. The Morgan fingerprint density at radius 1 is 1.48 bits per heavy atom. The van der Waals surface area contributed by atoms with Crippen molar-refractivity contribution in [3.8, 4) is 0 Å². The molecule has 1 aromatic rings. The molecule has 0 aromatic heterocycles. The maximum atomic E-state index is 10.4. The van der Waals surface area contributed by atoms with Crippen LogP contribution in [-0.2, 0) is 9.59 Å². The standard InChI is InChI=1S/C9H9ClO3.C5H10N2O/c1-5-2-6(4-7(10)3-5)8(11)9(12)13;6-5(8)4-2-1-3-7-4/h2-4,8,11H,1H3,(H,12,13);4,7H,1-3H2,(H2,6,8)/p-1/t8-;4-/m11/s1. The number of nitrogens with two attached hydrogens (primary N) is 1. The van der Waals surface area contributed by atoms with Gasteiger partial charge in [-0.3, -0.25) is 4.79 Å². The number of carboxylic acids is 1. The predicted molar refractivity (Wildman–Crippen MR) is 76.4 cm³/mol. The third-order valence-corrected chi connectivity index (χ3v) is 3.23. The highest BCUT2D eigenvalue weighted by Gasteiger charge is 2.18. The lowest BCUT2D eigenvalue weighted by atomic mass is 10.1. The van der Waals surface area contributed by atoms with Gasteiger partial charge in [0.25, 0.3) is 0 Å². The van der Waals surface area contributed by atoms with Gasteiger partial charge in [-0.2, -0.15) is 0 Å². The number of aliphatic carboxylic acids is 1. The van der Waals surface area contributed by atoms with E-state index in [0.29, 0.717) is 5.02 Å². The zero-order valence-electron chi connectivity index (χ0n) is 11.6. The Morgan fingerprint density at radius 2 is 2.14 bits per heavy atom. The van der Waals surface area contributed by atoms with Gasteiger partial charge in [0.15, 0.2) is 0 Å². The molecule has 1 aliphatic rings. The monoisotopic (exact) mass is 313 g/mol. The smallest absolute Gasteiger partial charge is 0.234 e. The third-order valence-electron chi connectivity index (χ3n) is 3.01. The molecule has 7 heteroatoms. The number of rotatable bonds is 3. The first kappa shape index (κ1) is 17.4. The van der Waals surface area contributed by atoms with E-state index >= 15 is 0 Å². The van der Waals surface area contributed by atoms with Gasteiger partial charge >= 0.3 is 0 Å². The van der Waals surface area contributed by atoms with Crippen molar-refractivity contribution in [3.05, 3.63) is 34.3 Å². The van der Waals surface area contributed by atoms with Crippen molar-refractivity contribution in [2.45, 2.75) is 31.9 Å². The van der Waals surface area contributed by atoms with Crippen LogP contribution >= 0.6 is 11.6 Å². The number of aliphatic hydroxyl groups excluding tert-OH is 1. The minimum atomic E-state index is -1.61. The highest BCUT2D eigenvalue weighted by atomic mass is 35.5. The van der Waals surface area contributed by atoms with Gasteiger partial charge in [0.1, 0.15) is 6.10 Å². The highest BCUT2D eigenvalue weighted by molar-refractivity contribution is 6.30. The van der Waals surface area contributed by atoms with Crippen molar-refractivity contribution in [2.75, 3.05) is 6.54 Å². The molecule has 0 radical (unpaired) electrons. The summed E-state index contributed by atoms with van der Waals surface area (Å²) < 4.78 is 0. The van der Waals surface area contributed by atoms with Crippen LogP contribution in [0.5, 0.6) is 0 Å². The number of primary amides is 1. The fraction of sp³-hybridized carbons (Fsp3) is 0.429. The Hall–Kier alpha value is -1.63. The van der Waals surface area contributed by atoms with Crippen molar-refractivity contribution < 1.29 is 19.8 Å². The molecular formula is C14H18ClN2O4-. The summed E-state index contributed by atoms with van der Waals surface area (Å²) in [6.45, 7) is 2.70. The van der Waals surface area contributed by atoms with Gasteiger partial charge < -0.3 is 26.1 Å². The molecule has 1 amide bonds. The van der Waals surface area contributed by atoms with E-state index in [1.54, 1.807) is 19.1 Å². The normalized spacial score (nSPS) is 18.5. The highest BCUT2D eigenvalue weighted by Crippen LogP contribution is 2.19. The van der Waals surface area contributed by atoms with Crippen molar-refractivity contribution >= 4 is 23.5 Å². The van der Waals surface area contributed by atoms with E-state index in [1.807, 2.05) is 0 Å². The first-order valence-corrected chi connectivity index (χ1v) is 6.87. The van der Waals surface area contributed by atoms with Crippen LogP contribution in [-0.4, -0.2) is 29.6 Å². The minimum Gasteiger partial charge on any atom is -0.547 e. The lowest BCUT2D eigenvalue weighted by Crippen LogP contribution is -2.36. The number of halogens is 1. The number of nitrogens with one attached hydrogen (secondary N) is 1. The van der Waals surface area contributed by atoms with E-state index in [4.69, 9.17) is 22.4 Å². The number of carbonyl (C=O) groups excluding carboxylic acids is 2. The van der Waals surface area contributed by atoms with Gasteiger partial charge in [-0.1, -0.05) is 17.7 Å². The van der Waals surface area contributed by atoms with Crippen LogP contribution in [0.3, 0.4) is 0 Å². The topological polar surface area (TPSA) is 115 Å². The fourth-order valence-corrected chi connectivity index (χ4v) is 2.28. The quantitative estimate of drug-likeness (QED) is 0.706. The van der Waals surface area contributed by atoms with Crippen LogP contribution in [0, 0.1) is 6.92 Å². The van der Waals surface area contributed by atoms with Crippen molar-refractivity contribution in [2.24, 2.45) is 5.73 Å². The third kappa shape index (κ3) is 5.71. The Morgan fingerprint density at radius 3 is 2.52 bits per heavy atom. The maximum absolute atomic E-state index is 10.4. The summed E-state index contributed by atoms with van der Waals surface area (Å²) in [5.41, 5.74) is 6.03. The average Bonchev–Trinajstić information content (AvgIpc) is 2.91. The lowest BCUT2D eigenvalue weighted by molar-refractivity contribution is -0.315. The molecular weight excluding hydrogens is 296 g/mol. The van der Waals surface area contributed by atoms with Crippen LogP contribution in [0.1, 0.15) is 30.1 Å². The number of hydrogen-bond donors (Lipinski definition) is 3. The zero-order chi connectivity index (χ0) is 16.0. The Bertz CT molecular complexity index is 495. The molecule has 1 fully saturated rings. The van der Waals surface area contributed by atoms with Gasteiger partial charge in [0.2, 0.25) is 5.91 Å². The molecule has 1 aromatic carbocycles. The molecule has 0 unspecified atom stereocenters. The first-order valence-electron chi connectivity index (χ1n) is 6.50. The lowest BCUT2D eigenvalue weighted by Gasteiger charge is -2.12. The van der Waals surface area contributed by atoms with Crippen LogP contribution in [0.25, 0.3) is 0 Å². The minimum absolute atomic E-state index is 0.0463. The molecule has 2 rings (SSSR count). The molecule has 1 saturated heterocycles. The molecule has 0 aliphatic carbocycles. The maximum Gasteiger partial charge on any atom is 0.234 e. The number of aliphatic hydroxyl groups is 1. The average molecular weight is 314 g/mol. The number of amides is 1. The summed E-state index contributed by atoms with van der Waals surface area (Å²) in [5, 5.41) is 22.8. The summed E-state index contributed by atoms with van der Waals surface area (Å²) in [6, 6.07) is 4.57. The van der Waals surface area contributed by atoms with Crippen LogP contribution in [0.4, 0.5) is 0 Å². The van der Waals surface area contributed by atoms with Gasteiger partial charge in [-0.15, -0.1) is 0 Å². The Balaban J connectivity index is 0.000000235. The first-order chi connectivity index (χ1) is 9.81. The molecule has 0 bridgehead atoms. The van der Waals surface area contributed by atoms with Crippen molar-refractivity contribution in [3.63, 3.8) is 0 Å². The van der Waals surface area contributed by atoms with Crippen LogP contribution in [0.15, 0.2) is 18.2 Å². The van der Waals surface area contributed by atoms with E-state index in [1.165, 1.54) is 6.07 Å².